The Morgan fingerprint density at radius 1 is 1.57 bits per heavy atom. The van der Waals surface area contributed by atoms with Gasteiger partial charge >= 0.3 is 5.97 Å². The molecule has 0 aliphatic rings. The highest BCUT2D eigenvalue weighted by molar-refractivity contribution is 5.88. The van der Waals surface area contributed by atoms with Crippen molar-refractivity contribution in [3.8, 4) is 0 Å². The van der Waals surface area contributed by atoms with Crippen molar-refractivity contribution in [3.05, 3.63) is 34.4 Å². The monoisotopic (exact) mass is 196 g/mol. The first-order chi connectivity index (χ1) is 6.61. The minimum Gasteiger partial charge on any atom is -0.471 e. The lowest BCUT2D eigenvalue weighted by Gasteiger charge is -2.05. The molecule has 0 amide bonds. The highest BCUT2D eigenvalue weighted by atomic mass is 16.5. The molecule has 1 aromatic rings. The molecule has 0 bridgehead atoms. The van der Waals surface area contributed by atoms with Crippen LogP contribution in [0.1, 0.15) is 24.2 Å². The third kappa shape index (κ3) is 2.73. The van der Waals surface area contributed by atoms with Gasteiger partial charge in [-0.25, -0.2) is 4.79 Å². The van der Waals surface area contributed by atoms with Crippen molar-refractivity contribution in [2.75, 3.05) is 6.61 Å². The maximum atomic E-state index is 11.3. The molecule has 0 saturated carbocycles. The number of hydrogen-bond acceptors (Lipinski definition) is 4. The van der Waals surface area contributed by atoms with Gasteiger partial charge in [0.1, 0.15) is 11.8 Å². The summed E-state index contributed by atoms with van der Waals surface area (Å²) in [5.74, 6) is -0.386. The van der Waals surface area contributed by atoms with Crippen molar-refractivity contribution in [2.45, 2.75) is 13.8 Å². The molecule has 0 N–H and O–H groups in total. The van der Waals surface area contributed by atoms with Gasteiger partial charge in [0.2, 0.25) is 0 Å². The SMILES string of the molecule is CC(C)COC(=O)c1coccc1=O. The largest absolute Gasteiger partial charge is 0.471 e. The molecule has 0 unspecified atom stereocenters. The van der Waals surface area contributed by atoms with Gasteiger partial charge in [0.25, 0.3) is 0 Å². The van der Waals surface area contributed by atoms with E-state index in [2.05, 4.69) is 0 Å². The molecule has 4 nitrogen and oxygen atoms in total. The second-order valence-electron chi connectivity index (χ2n) is 3.33. The third-order valence-electron chi connectivity index (χ3n) is 1.52. The standard InChI is InChI=1S/C10H12O4/c1-7(2)5-14-10(12)8-6-13-4-3-9(8)11/h3-4,6-7H,5H2,1-2H3. The van der Waals surface area contributed by atoms with Crippen LogP contribution in [0, 0.1) is 5.92 Å². The Bertz CT molecular complexity index is 364. The third-order valence-corrected chi connectivity index (χ3v) is 1.52. The molecule has 0 atom stereocenters. The summed E-state index contributed by atoms with van der Waals surface area (Å²) in [4.78, 5) is 22.4. The average Bonchev–Trinajstić information content (AvgIpc) is 2.15. The summed E-state index contributed by atoms with van der Waals surface area (Å²) in [7, 11) is 0. The van der Waals surface area contributed by atoms with Crippen molar-refractivity contribution in [3.63, 3.8) is 0 Å². The number of hydrogen-bond donors (Lipinski definition) is 0. The zero-order valence-electron chi connectivity index (χ0n) is 8.15. The highest BCUT2D eigenvalue weighted by Crippen LogP contribution is 1.98. The fourth-order valence-corrected chi connectivity index (χ4v) is 0.825. The molecule has 1 heterocycles. The van der Waals surface area contributed by atoms with Crippen LogP contribution >= 0.6 is 0 Å². The Kier molecular flexibility index (Phi) is 3.45. The molecular formula is C10H12O4. The van der Waals surface area contributed by atoms with Crippen LogP contribution in [-0.4, -0.2) is 12.6 Å². The van der Waals surface area contributed by atoms with Gasteiger partial charge in [-0.15, -0.1) is 0 Å². The minimum atomic E-state index is -0.631. The van der Waals surface area contributed by atoms with Crippen molar-refractivity contribution >= 4 is 5.97 Å². The lowest BCUT2D eigenvalue weighted by molar-refractivity contribution is 0.0454. The molecule has 0 aliphatic heterocycles. The molecule has 0 saturated heterocycles. The maximum Gasteiger partial charge on any atom is 0.345 e. The maximum absolute atomic E-state index is 11.3. The van der Waals surface area contributed by atoms with E-state index >= 15 is 0 Å². The Balaban J connectivity index is 2.71. The zero-order valence-corrected chi connectivity index (χ0v) is 8.15. The van der Waals surface area contributed by atoms with Gasteiger partial charge < -0.3 is 9.15 Å². The molecule has 1 aromatic heterocycles. The first-order valence-electron chi connectivity index (χ1n) is 4.35. The number of esters is 1. The molecule has 0 aliphatic carbocycles. The quantitative estimate of drug-likeness (QED) is 0.686. The van der Waals surface area contributed by atoms with E-state index in [9.17, 15) is 9.59 Å². The van der Waals surface area contributed by atoms with Crippen molar-refractivity contribution in [2.24, 2.45) is 5.92 Å². The number of carbonyl (C=O) groups is 1. The molecule has 14 heavy (non-hydrogen) atoms. The molecule has 0 spiro atoms. The summed E-state index contributed by atoms with van der Waals surface area (Å²) in [6.45, 7) is 4.13. The van der Waals surface area contributed by atoms with Gasteiger partial charge in [0.15, 0.2) is 5.43 Å². The van der Waals surface area contributed by atoms with Crippen molar-refractivity contribution in [1.29, 1.82) is 0 Å². The Morgan fingerprint density at radius 2 is 2.29 bits per heavy atom. The lowest BCUT2D eigenvalue weighted by atomic mass is 10.2. The Morgan fingerprint density at radius 3 is 2.86 bits per heavy atom. The fourth-order valence-electron chi connectivity index (χ4n) is 0.825. The van der Waals surface area contributed by atoms with Crippen molar-refractivity contribution in [1.82, 2.24) is 0 Å². The van der Waals surface area contributed by atoms with E-state index in [4.69, 9.17) is 9.15 Å². The van der Waals surface area contributed by atoms with Crippen LogP contribution in [0.25, 0.3) is 0 Å². The average molecular weight is 196 g/mol. The summed E-state index contributed by atoms with van der Waals surface area (Å²) >= 11 is 0. The number of rotatable bonds is 3. The van der Waals surface area contributed by atoms with Crippen LogP contribution in [-0.2, 0) is 4.74 Å². The summed E-state index contributed by atoms with van der Waals surface area (Å²) in [6, 6.07) is 1.19. The Labute approximate surface area is 81.5 Å². The van der Waals surface area contributed by atoms with Crippen LogP contribution in [0.15, 0.2) is 27.8 Å². The molecule has 0 aromatic carbocycles. The van der Waals surface area contributed by atoms with Crippen LogP contribution in [0.5, 0.6) is 0 Å². The van der Waals surface area contributed by atoms with Crippen LogP contribution in [0.3, 0.4) is 0 Å². The summed E-state index contributed by atoms with van der Waals surface area (Å²) < 4.78 is 9.59. The normalized spacial score (nSPS) is 10.2. The summed E-state index contributed by atoms with van der Waals surface area (Å²) in [6.07, 6.45) is 2.33. The molecule has 0 fully saturated rings. The van der Waals surface area contributed by atoms with E-state index in [1.807, 2.05) is 13.8 Å². The molecular weight excluding hydrogens is 184 g/mol. The molecule has 1 rings (SSSR count). The number of carbonyl (C=O) groups excluding carboxylic acids is 1. The van der Waals surface area contributed by atoms with Gasteiger partial charge in [-0.1, -0.05) is 13.8 Å². The van der Waals surface area contributed by atoms with E-state index in [0.29, 0.717) is 6.61 Å². The predicted molar refractivity (Wildman–Crippen MR) is 50.1 cm³/mol. The van der Waals surface area contributed by atoms with Crippen molar-refractivity contribution < 1.29 is 13.9 Å². The van der Waals surface area contributed by atoms with Crippen LogP contribution in [0.4, 0.5) is 0 Å². The van der Waals surface area contributed by atoms with E-state index < -0.39 is 5.97 Å². The van der Waals surface area contributed by atoms with E-state index in [-0.39, 0.29) is 16.9 Å². The minimum absolute atomic E-state index is 0.0619. The molecule has 76 valence electrons. The van der Waals surface area contributed by atoms with Gasteiger partial charge in [-0.05, 0) is 5.92 Å². The predicted octanol–water partition coefficient (Wildman–Crippen LogP) is 1.45. The second-order valence-corrected chi connectivity index (χ2v) is 3.33. The summed E-state index contributed by atoms with van der Waals surface area (Å²) in [5, 5.41) is 0. The number of ether oxygens (including phenoxy) is 1. The first kappa shape index (κ1) is 10.5. The van der Waals surface area contributed by atoms with Crippen LogP contribution < -0.4 is 5.43 Å². The van der Waals surface area contributed by atoms with E-state index in [1.165, 1.54) is 12.3 Å². The van der Waals surface area contributed by atoms with Gasteiger partial charge in [0.05, 0.1) is 12.9 Å². The topological polar surface area (TPSA) is 56.5 Å². The second kappa shape index (κ2) is 4.60. The molecule has 4 heteroatoms. The lowest BCUT2D eigenvalue weighted by Crippen LogP contribution is -2.17. The fraction of sp³-hybridized carbons (Fsp3) is 0.400. The van der Waals surface area contributed by atoms with Gasteiger partial charge in [-0.2, -0.15) is 0 Å². The molecule has 0 radical (unpaired) electrons. The van der Waals surface area contributed by atoms with E-state index in [0.717, 1.165) is 6.26 Å². The highest BCUT2D eigenvalue weighted by Gasteiger charge is 2.12. The van der Waals surface area contributed by atoms with Gasteiger partial charge in [-0.3, -0.25) is 4.79 Å². The van der Waals surface area contributed by atoms with Crippen LogP contribution in [0.2, 0.25) is 0 Å². The van der Waals surface area contributed by atoms with Gasteiger partial charge in [0, 0.05) is 6.07 Å². The zero-order chi connectivity index (χ0) is 10.6. The smallest absolute Gasteiger partial charge is 0.345 e. The summed E-state index contributed by atoms with van der Waals surface area (Å²) in [5.41, 5.74) is -0.446. The Hall–Kier alpha value is -1.58. The first-order valence-corrected chi connectivity index (χ1v) is 4.35. The van der Waals surface area contributed by atoms with E-state index in [1.54, 1.807) is 0 Å².